The minimum atomic E-state index is -0.797. The van der Waals surface area contributed by atoms with Gasteiger partial charge in [0.1, 0.15) is 23.3 Å². The van der Waals surface area contributed by atoms with Gasteiger partial charge in [0.25, 0.3) is 5.91 Å². The summed E-state index contributed by atoms with van der Waals surface area (Å²) in [6, 6.07) is 12.4. The number of carbonyl (C=O) groups excluding carboxylic acids is 2. The number of hydrazone groups is 1. The second kappa shape index (κ2) is 8.11. The van der Waals surface area contributed by atoms with E-state index in [1.807, 2.05) is 30.3 Å². The van der Waals surface area contributed by atoms with Crippen LogP contribution in [0.4, 0.5) is 0 Å². The molecule has 8 heteroatoms. The molecule has 3 rings (SSSR count). The quantitative estimate of drug-likeness (QED) is 0.535. The Kier molecular flexibility index (Phi) is 5.43. The number of hydrogen-bond acceptors (Lipinski definition) is 6. The number of carbonyl (C=O) groups is 2. The van der Waals surface area contributed by atoms with Gasteiger partial charge in [0.05, 0.1) is 12.7 Å². The molecule has 0 unspecified atom stereocenters. The molecule has 134 valence electrons. The van der Waals surface area contributed by atoms with E-state index in [1.165, 1.54) is 6.26 Å². The SMILES string of the molecule is C/C(=N/NC(=O)C[C@@H]1N=C(Cc2ccccc2)NNC1=O)c1ccco1. The Bertz CT molecular complexity index is 828. The normalized spacial score (nSPS) is 17.1. The fourth-order valence-corrected chi connectivity index (χ4v) is 2.42. The number of amides is 2. The first kappa shape index (κ1) is 17.4. The van der Waals surface area contributed by atoms with Crippen LogP contribution in [0.3, 0.4) is 0 Å². The Morgan fingerprint density at radius 2 is 2.04 bits per heavy atom. The van der Waals surface area contributed by atoms with Crippen LogP contribution in [-0.2, 0) is 16.0 Å². The summed E-state index contributed by atoms with van der Waals surface area (Å²) in [7, 11) is 0. The number of benzene rings is 1. The Balaban J connectivity index is 1.60. The van der Waals surface area contributed by atoms with Gasteiger partial charge in [-0.05, 0) is 24.6 Å². The largest absolute Gasteiger partial charge is 0.463 e. The molecule has 0 bridgehead atoms. The van der Waals surface area contributed by atoms with Crippen molar-refractivity contribution < 1.29 is 14.0 Å². The minimum absolute atomic E-state index is 0.0965. The third kappa shape index (κ3) is 4.56. The van der Waals surface area contributed by atoms with E-state index in [4.69, 9.17) is 4.42 Å². The predicted octanol–water partition coefficient (Wildman–Crippen LogP) is 1.15. The summed E-state index contributed by atoms with van der Waals surface area (Å²) in [6.45, 7) is 1.71. The van der Waals surface area contributed by atoms with Crippen molar-refractivity contribution in [2.24, 2.45) is 10.1 Å². The second-order valence-corrected chi connectivity index (χ2v) is 5.78. The van der Waals surface area contributed by atoms with Gasteiger partial charge in [0.2, 0.25) is 5.91 Å². The lowest BCUT2D eigenvalue weighted by Gasteiger charge is -2.21. The second-order valence-electron chi connectivity index (χ2n) is 5.78. The average molecular weight is 353 g/mol. The van der Waals surface area contributed by atoms with Gasteiger partial charge in [0, 0.05) is 6.42 Å². The summed E-state index contributed by atoms with van der Waals surface area (Å²) in [5, 5.41) is 3.97. The van der Waals surface area contributed by atoms with Crippen molar-refractivity contribution in [2.75, 3.05) is 0 Å². The summed E-state index contributed by atoms with van der Waals surface area (Å²) in [5.41, 5.74) is 9.32. The molecule has 1 aliphatic heterocycles. The van der Waals surface area contributed by atoms with Crippen molar-refractivity contribution >= 4 is 23.4 Å². The highest BCUT2D eigenvalue weighted by atomic mass is 16.3. The number of hydrogen-bond donors (Lipinski definition) is 3. The average Bonchev–Trinajstić information content (AvgIpc) is 3.18. The van der Waals surface area contributed by atoms with Crippen LogP contribution in [0.2, 0.25) is 0 Å². The van der Waals surface area contributed by atoms with Crippen LogP contribution in [0.15, 0.2) is 63.2 Å². The molecule has 0 saturated carbocycles. The van der Waals surface area contributed by atoms with E-state index in [9.17, 15) is 9.59 Å². The third-order valence-corrected chi connectivity index (χ3v) is 3.76. The molecular weight excluding hydrogens is 334 g/mol. The maximum atomic E-state index is 12.1. The molecule has 0 spiro atoms. The maximum absolute atomic E-state index is 12.1. The van der Waals surface area contributed by atoms with Crippen molar-refractivity contribution in [2.45, 2.75) is 25.8 Å². The number of rotatable bonds is 6. The Labute approximate surface area is 150 Å². The number of amidine groups is 1. The summed E-state index contributed by atoms with van der Waals surface area (Å²) in [6.07, 6.45) is 1.97. The molecule has 1 aromatic carbocycles. The van der Waals surface area contributed by atoms with E-state index in [2.05, 4.69) is 26.4 Å². The van der Waals surface area contributed by atoms with E-state index in [0.717, 1.165) is 5.56 Å². The zero-order valence-electron chi connectivity index (χ0n) is 14.2. The Hall–Kier alpha value is -3.42. The highest BCUT2D eigenvalue weighted by Crippen LogP contribution is 2.07. The van der Waals surface area contributed by atoms with Crippen LogP contribution in [0.5, 0.6) is 0 Å². The van der Waals surface area contributed by atoms with Gasteiger partial charge >= 0.3 is 0 Å². The molecule has 1 aromatic heterocycles. The zero-order chi connectivity index (χ0) is 18.4. The summed E-state index contributed by atoms with van der Waals surface area (Å²) in [5.74, 6) is 0.404. The Morgan fingerprint density at radius 1 is 1.23 bits per heavy atom. The van der Waals surface area contributed by atoms with Crippen molar-refractivity contribution in [3.63, 3.8) is 0 Å². The van der Waals surface area contributed by atoms with E-state index in [1.54, 1.807) is 19.1 Å². The molecular formula is C18H19N5O3. The van der Waals surface area contributed by atoms with Crippen LogP contribution < -0.4 is 16.3 Å². The van der Waals surface area contributed by atoms with E-state index >= 15 is 0 Å². The molecule has 3 N–H and O–H groups in total. The summed E-state index contributed by atoms with van der Waals surface area (Å²) in [4.78, 5) is 28.4. The maximum Gasteiger partial charge on any atom is 0.263 e. The van der Waals surface area contributed by atoms with Crippen LogP contribution in [0.25, 0.3) is 0 Å². The number of nitrogens with one attached hydrogen (secondary N) is 3. The van der Waals surface area contributed by atoms with E-state index < -0.39 is 11.9 Å². The number of hydrazine groups is 1. The van der Waals surface area contributed by atoms with Crippen molar-refractivity contribution in [1.29, 1.82) is 0 Å². The zero-order valence-corrected chi connectivity index (χ0v) is 14.2. The van der Waals surface area contributed by atoms with Crippen molar-refractivity contribution in [3.05, 3.63) is 60.1 Å². The van der Waals surface area contributed by atoms with Crippen molar-refractivity contribution in [1.82, 2.24) is 16.3 Å². The van der Waals surface area contributed by atoms with Gasteiger partial charge in [0.15, 0.2) is 0 Å². The molecule has 0 fully saturated rings. The third-order valence-electron chi connectivity index (χ3n) is 3.76. The highest BCUT2D eigenvalue weighted by Gasteiger charge is 2.25. The molecule has 2 heterocycles. The number of aliphatic imine (C=N–C) groups is 1. The van der Waals surface area contributed by atoms with Gasteiger partial charge in [-0.15, -0.1) is 0 Å². The monoisotopic (exact) mass is 353 g/mol. The lowest BCUT2D eigenvalue weighted by atomic mass is 10.1. The first-order valence-corrected chi connectivity index (χ1v) is 8.15. The van der Waals surface area contributed by atoms with Crippen LogP contribution >= 0.6 is 0 Å². The van der Waals surface area contributed by atoms with Crippen LogP contribution in [-0.4, -0.2) is 29.4 Å². The van der Waals surface area contributed by atoms with Crippen molar-refractivity contribution in [3.8, 4) is 0 Å². The van der Waals surface area contributed by atoms with Gasteiger partial charge in [-0.3, -0.25) is 25.4 Å². The van der Waals surface area contributed by atoms with Crippen LogP contribution in [0.1, 0.15) is 24.7 Å². The molecule has 2 amide bonds. The lowest BCUT2D eigenvalue weighted by molar-refractivity contribution is -0.128. The molecule has 2 aromatic rings. The first-order valence-electron chi connectivity index (χ1n) is 8.15. The topological polar surface area (TPSA) is 108 Å². The fraction of sp³-hybridized carbons (Fsp3) is 0.222. The smallest absolute Gasteiger partial charge is 0.263 e. The summed E-state index contributed by atoms with van der Waals surface area (Å²) >= 11 is 0. The molecule has 0 saturated heterocycles. The predicted molar refractivity (Wildman–Crippen MR) is 96.3 cm³/mol. The fourth-order valence-electron chi connectivity index (χ4n) is 2.42. The van der Waals surface area contributed by atoms with E-state index in [-0.39, 0.29) is 12.3 Å². The molecule has 1 atom stereocenters. The van der Waals surface area contributed by atoms with E-state index in [0.29, 0.717) is 23.7 Å². The molecule has 8 nitrogen and oxygen atoms in total. The molecule has 0 radical (unpaired) electrons. The van der Waals surface area contributed by atoms with Crippen LogP contribution in [0, 0.1) is 0 Å². The Morgan fingerprint density at radius 3 is 2.77 bits per heavy atom. The van der Waals surface area contributed by atoms with Gasteiger partial charge < -0.3 is 4.42 Å². The number of nitrogens with zero attached hydrogens (tertiary/aromatic N) is 2. The standard InChI is InChI=1S/C18H19N5O3/c1-12(15-8-5-9-26-15)20-22-17(24)11-14-18(25)23-21-16(19-14)10-13-6-3-2-4-7-13/h2-9,14H,10-11H2,1H3,(H,19,21)(H,22,24)(H,23,25)/b20-12-/t14-/m0/s1. The molecule has 26 heavy (non-hydrogen) atoms. The first-order chi connectivity index (χ1) is 12.6. The summed E-state index contributed by atoms with van der Waals surface area (Å²) < 4.78 is 5.19. The van der Waals surface area contributed by atoms with Gasteiger partial charge in [-0.2, -0.15) is 5.10 Å². The molecule has 0 aliphatic carbocycles. The number of furan rings is 1. The van der Waals surface area contributed by atoms with Gasteiger partial charge in [-0.1, -0.05) is 30.3 Å². The lowest BCUT2D eigenvalue weighted by Crippen LogP contribution is -2.52. The minimum Gasteiger partial charge on any atom is -0.463 e. The van der Waals surface area contributed by atoms with Gasteiger partial charge in [-0.25, -0.2) is 5.43 Å². The highest BCUT2D eigenvalue weighted by molar-refractivity contribution is 5.98. The molecule has 1 aliphatic rings.